The lowest BCUT2D eigenvalue weighted by Crippen LogP contribution is -2.34. The van der Waals surface area contributed by atoms with Crippen LogP contribution in [0.15, 0.2) is 29.2 Å². The zero-order valence-corrected chi connectivity index (χ0v) is 11.1. The molecule has 0 heterocycles. The number of rotatable bonds is 6. The summed E-state index contributed by atoms with van der Waals surface area (Å²) in [6.45, 7) is 0.933. The van der Waals surface area contributed by atoms with Gasteiger partial charge in [-0.15, -0.1) is 0 Å². The van der Waals surface area contributed by atoms with Crippen LogP contribution >= 0.6 is 0 Å². The maximum absolute atomic E-state index is 13.4. The van der Waals surface area contributed by atoms with Crippen LogP contribution in [0.1, 0.15) is 12.8 Å². The van der Waals surface area contributed by atoms with Crippen LogP contribution < -0.4 is 4.72 Å². The molecule has 6 heteroatoms. The lowest BCUT2D eigenvalue weighted by atomic mass is 10.4. The molecule has 0 aromatic heterocycles. The van der Waals surface area contributed by atoms with Crippen molar-refractivity contribution in [3.63, 3.8) is 0 Å². The summed E-state index contributed by atoms with van der Waals surface area (Å²) in [6, 6.07) is 5.97. The molecule has 4 nitrogen and oxygen atoms in total. The van der Waals surface area contributed by atoms with Gasteiger partial charge in [0, 0.05) is 19.1 Å². The van der Waals surface area contributed by atoms with Gasteiger partial charge < -0.3 is 4.90 Å². The minimum absolute atomic E-state index is 0.293. The fourth-order valence-corrected chi connectivity index (χ4v) is 2.89. The molecule has 0 spiro atoms. The highest BCUT2D eigenvalue weighted by Gasteiger charge is 2.26. The second-order valence-electron chi connectivity index (χ2n) is 4.54. The molecule has 0 saturated heterocycles. The Hall–Kier alpha value is -0.980. The number of nitrogens with one attached hydrogen (secondary N) is 1. The number of benzene rings is 1. The Kier molecular flexibility index (Phi) is 3.99. The molecule has 0 bridgehead atoms. The van der Waals surface area contributed by atoms with Gasteiger partial charge in [-0.1, -0.05) is 12.1 Å². The van der Waals surface area contributed by atoms with Crippen molar-refractivity contribution >= 4 is 10.0 Å². The normalized spacial score (nSPS) is 16.2. The molecule has 0 radical (unpaired) electrons. The van der Waals surface area contributed by atoms with E-state index in [1.807, 2.05) is 7.05 Å². The van der Waals surface area contributed by atoms with E-state index in [0.29, 0.717) is 19.1 Å². The number of hydrogen-bond acceptors (Lipinski definition) is 3. The predicted octanol–water partition coefficient (Wildman–Crippen LogP) is 1.20. The van der Waals surface area contributed by atoms with E-state index >= 15 is 0 Å². The van der Waals surface area contributed by atoms with Crippen molar-refractivity contribution in [3.05, 3.63) is 30.1 Å². The van der Waals surface area contributed by atoms with E-state index in [9.17, 15) is 12.8 Å². The molecule has 1 N–H and O–H groups in total. The molecule has 1 aromatic rings. The average Bonchev–Trinajstić information content (AvgIpc) is 3.12. The maximum atomic E-state index is 13.4. The van der Waals surface area contributed by atoms with Crippen LogP contribution in [0.5, 0.6) is 0 Å². The Morgan fingerprint density at radius 2 is 2.06 bits per heavy atom. The Balaban J connectivity index is 1.93. The monoisotopic (exact) mass is 272 g/mol. The molecule has 1 aliphatic carbocycles. The van der Waals surface area contributed by atoms with Crippen LogP contribution in [0.2, 0.25) is 0 Å². The molecule has 0 amide bonds. The number of hydrogen-bond donors (Lipinski definition) is 1. The minimum atomic E-state index is -3.74. The van der Waals surface area contributed by atoms with E-state index in [1.165, 1.54) is 31.0 Å². The van der Waals surface area contributed by atoms with E-state index in [1.54, 1.807) is 0 Å². The largest absolute Gasteiger partial charge is 0.302 e. The molecule has 1 aliphatic rings. The minimum Gasteiger partial charge on any atom is -0.302 e. The van der Waals surface area contributed by atoms with Gasteiger partial charge in [-0.25, -0.2) is 17.5 Å². The highest BCUT2D eigenvalue weighted by Crippen LogP contribution is 2.24. The zero-order chi connectivity index (χ0) is 13.2. The third kappa shape index (κ3) is 3.28. The maximum Gasteiger partial charge on any atom is 0.243 e. The first-order chi connectivity index (χ1) is 8.50. The average molecular weight is 272 g/mol. The van der Waals surface area contributed by atoms with Gasteiger partial charge in [-0.05, 0) is 32.0 Å². The zero-order valence-electron chi connectivity index (χ0n) is 10.3. The van der Waals surface area contributed by atoms with Crippen molar-refractivity contribution in [1.82, 2.24) is 9.62 Å². The van der Waals surface area contributed by atoms with Crippen LogP contribution in [0.3, 0.4) is 0 Å². The standard InChI is InChI=1S/C12H17FN2O2S/c1-15(10-6-7-10)9-8-14-18(16,17)12-5-3-2-4-11(12)13/h2-5,10,14H,6-9H2,1H3. The molecule has 1 aromatic carbocycles. The Morgan fingerprint density at radius 3 is 2.67 bits per heavy atom. The van der Waals surface area contributed by atoms with Crippen molar-refractivity contribution in [2.45, 2.75) is 23.8 Å². The smallest absolute Gasteiger partial charge is 0.243 e. The van der Waals surface area contributed by atoms with Gasteiger partial charge >= 0.3 is 0 Å². The van der Waals surface area contributed by atoms with Gasteiger partial charge in [0.25, 0.3) is 0 Å². The van der Waals surface area contributed by atoms with Crippen molar-refractivity contribution < 1.29 is 12.8 Å². The van der Waals surface area contributed by atoms with Gasteiger partial charge in [0.15, 0.2) is 0 Å². The molecule has 1 fully saturated rings. The third-order valence-electron chi connectivity index (χ3n) is 3.05. The molecular formula is C12H17FN2O2S. The summed E-state index contributed by atoms with van der Waals surface area (Å²) in [7, 11) is -1.78. The summed E-state index contributed by atoms with van der Waals surface area (Å²) in [4.78, 5) is 1.82. The SMILES string of the molecule is CN(CCNS(=O)(=O)c1ccccc1F)C1CC1. The Labute approximate surface area is 107 Å². The number of nitrogens with zero attached hydrogens (tertiary/aromatic N) is 1. The molecule has 100 valence electrons. The third-order valence-corrected chi connectivity index (χ3v) is 4.55. The van der Waals surface area contributed by atoms with E-state index < -0.39 is 15.8 Å². The molecule has 18 heavy (non-hydrogen) atoms. The summed E-state index contributed by atoms with van der Waals surface area (Å²) in [5.74, 6) is -0.722. The quantitative estimate of drug-likeness (QED) is 0.846. The molecule has 0 aliphatic heterocycles. The molecular weight excluding hydrogens is 255 g/mol. The highest BCUT2D eigenvalue weighted by molar-refractivity contribution is 7.89. The van der Waals surface area contributed by atoms with Crippen molar-refractivity contribution in [3.8, 4) is 0 Å². The Morgan fingerprint density at radius 1 is 1.39 bits per heavy atom. The highest BCUT2D eigenvalue weighted by atomic mass is 32.2. The van der Waals surface area contributed by atoms with E-state index in [4.69, 9.17) is 0 Å². The van der Waals surface area contributed by atoms with Crippen LogP contribution in [-0.2, 0) is 10.0 Å². The molecule has 2 rings (SSSR count). The fourth-order valence-electron chi connectivity index (χ4n) is 1.79. The van der Waals surface area contributed by atoms with Gasteiger partial charge in [-0.3, -0.25) is 0 Å². The lowest BCUT2D eigenvalue weighted by Gasteiger charge is -2.15. The lowest BCUT2D eigenvalue weighted by molar-refractivity contribution is 0.329. The van der Waals surface area contributed by atoms with E-state index in [2.05, 4.69) is 9.62 Å². The first-order valence-corrected chi connectivity index (χ1v) is 7.43. The number of halogens is 1. The topological polar surface area (TPSA) is 49.4 Å². The molecule has 1 saturated carbocycles. The summed E-state index contributed by atoms with van der Waals surface area (Å²) < 4.78 is 39.5. The van der Waals surface area contributed by atoms with Gasteiger partial charge in [-0.2, -0.15) is 0 Å². The van der Waals surface area contributed by atoms with Crippen LogP contribution in [-0.4, -0.2) is 39.5 Å². The first kappa shape index (κ1) is 13.5. The summed E-state index contributed by atoms with van der Waals surface area (Å²) >= 11 is 0. The van der Waals surface area contributed by atoms with Gasteiger partial charge in [0.2, 0.25) is 10.0 Å². The predicted molar refractivity (Wildman–Crippen MR) is 67.2 cm³/mol. The van der Waals surface area contributed by atoms with Crippen molar-refractivity contribution in [1.29, 1.82) is 0 Å². The fraction of sp³-hybridized carbons (Fsp3) is 0.500. The van der Waals surface area contributed by atoms with Crippen LogP contribution in [0.25, 0.3) is 0 Å². The summed E-state index contributed by atoms with van der Waals surface area (Å²) in [6.07, 6.45) is 2.35. The number of likely N-dealkylation sites (N-methyl/N-ethyl adjacent to an activating group) is 1. The summed E-state index contributed by atoms with van der Waals surface area (Å²) in [5, 5.41) is 0. The van der Waals surface area contributed by atoms with Crippen LogP contribution in [0, 0.1) is 5.82 Å². The Bertz CT molecular complexity index is 515. The second kappa shape index (κ2) is 5.34. The van der Waals surface area contributed by atoms with Crippen molar-refractivity contribution in [2.24, 2.45) is 0 Å². The van der Waals surface area contributed by atoms with E-state index in [0.717, 1.165) is 6.07 Å². The molecule has 0 unspecified atom stereocenters. The van der Waals surface area contributed by atoms with Gasteiger partial charge in [0.1, 0.15) is 10.7 Å². The molecule has 0 atom stereocenters. The van der Waals surface area contributed by atoms with Gasteiger partial charge in [0.05, 0.1) is 0 Å². The van der Waals surface area contributed by atoms with Crippen LogP contribution in [0.4, 0.5) is 4.39 Å². The number of sulfonamides is 1. The second-order valence-corrected chi connectivity index (χ2v) is 6.28. The van der Waals surface area contributed by atoms with Crippen molar-refractivity contribution in [2.75, 3.05) is 20.1 Å². The first-order valence-electron chi connectivity index (χ1n) is 5.95. The van der Waals surface area contributed by atoms with E-state index in [-0.39, 0.29) is 4.90 Å². The summed E-state index contributed by atoms with van der Waals surface area (Å²) in [5.41, 5.74) is 0.